The van der Waals surface area contributed by atoms with Crippen LogP contribution in [0, 0.1) is 0 Å². The zero-order valence-electron chi connectivity index (χ0n) is 15.6. The number of anilines is 1. The van der Waals surface area contributed by atoms with Gasteiger partial charge in [0.05, 0.1) is 6.42 Å². The van der Waals surface area contributed by atoms with Gasteiger partial charge in [-0.3, -0.25) is 9.59 Å². The molecule has 154 valence electrons. The molecule has 1 aliphatic rings. The van der Waals surface area contributed by atoms with Gasteiger partial charge in [-0.2, -0.15) is 0 Å². The second-order valence-electron chi connectivity index (χ2n) is 6.35. The maximum Gasteiger partial charge on any atom is 0.275 e. The maximum absolute atomic E-state index is 12.5. The first-order valence-corrected chi connectivity index (χ1v) is 9.44. The zero-order valence-corrected chi connectivity index (χ0v) is 18.0. The van der Waals surface area contributed by atoms with Crippen molar-refractivity contribution in [3.63, 3.8) is 0 Å². The third kappa shape index (κ3) is 6.42. The molecule has 1 saturated heterocycles. The highest BCUT2D eigenvalue weighted by Gasteiger charge is 2.19. The van der Waals surface area contributed by atoms with Crippen molar-refractivity contribution >= 4 is 53.7 Å². The molecule has 2 amide bonds. The average molecular weight is 446 g/mol. The second-order valence-corrected chi connectivity index (χ2v) is 7.29. The number of nitrogens with zero attached hydrogens (tertiary/aromatic N) is 3. The first kappa shape index (κ1) is 24.3. The van der Waals surface area contributed by atoms with E-state index in [0.29, 0.717) is 24.3 Å². The van der Waals surface area contributed by atoms with Crippen LogP contribution in [0.1, 0.15) is 21.1 Å². The molecule has 1 aromatic heterocycles. The summed E-state index contributed by atoms with van der Waals surface area (Å²) < 4.78 is 0. The summed E-state index contributed by atoms with van der Waals surface area (Å²) in [5.41, 5.74) is 7.42. The number of benzene rings is 1. The van der Waals surface area contributed by atoms with Crippen LogP contribution >= 0.6 is 36.2 Å². The van der Waals surface area contributed by atoms with Gasteiger partial charge in [-0.15, -0.1) is 36.2 Å². The summed E-state index contributed by atoms with van der Waals surface area (Å²) in [5.74, 6) is -0.155. The Hall–Kier alpha value is -1.71. The molecule has 3 rings (SSSR count). The maximum atomic E-state index is 12.5. The van der Waals surface area contributed by atoms with Gasteiger partial charge in [0.2, 0.25) is 5.91 Å². The summed E-state index contributed by atoms with van der Waals surface area (Å²) in [6.07, 6.45) is 0.335. The summed E-state index contributed by atoms with van der Waals surface area (Å²) in [7, 11) is 2.06. The molecule has 1 fully saturated rings. The standard InChI is InChI=1S/C18H23N5O2S.2ClH/c1-22-5-7-23(8-6-22)17(24)10-13-3-2-4-14(9-13)20-18(25)15-12-26-16(11-19)21-15;;/h2-4,9,12H,5-8,10-11,19H2,1H3,(H,20,25);2*1H. The lowest BCUT2D eigenvalue weighted by Crippen LogP contribution is -2.47. The average Bonchev–Trinajstić information content (AvgIpc) is 3.12. The normalized spacial score (nSPS) is 14.0. The largest absolute Gasteiger partial charge is 0.340 e. The molecule has 0 aliphatic carbocycles. The van der Waals surface area contributed by atoms with Gasteiger partial charge in [0.1, 0.15) is 10.7 Å². The molecule has 28 heavy (non-hydrogen) atoms. The number of halogens is 2. The highest BCUT2D eigenvalue weighted by Crippen LogP contribution is 2.15. The number of likely N-dealkylation sites (N-methyl/N-ethyl adjacent to an activating group) is 1. The third-order valence-corrected chi connectivity index (χ3v) is 5.23. The molecule has 2 aromatic rings. The van der Waals surface area contributed by atoms with E-state index in [1.54, 1.807) is 11.4 Å². The molecule has 7 nitrogen and oxygen atoms in total. The fraction of sp³-hybridized carbons (Fsp3) is 0.389. The number of piperazine rings is 1. The molecule has 10 heteroatoms. The molecular formula is C18H25Cl2N5O2S. The minimum absolute atomic E-state index is 0. The number of hydrogen-bond donors (Lipinski definition) is 2. The van der Waals surface area contributed by atoms with Crippen LogP contribution in [-0.4, -0.2) is 59.8 Å². The lowest BCUT2D eigenvalue weighted by atomic mass is 10.1. The molecule has 3 N–H and O–H groups in total. The van der Waals surface area contributed by atoms with Crippen LogP contribution in [-0.2, 0) is 17.8 Å². The van der Waals surface area contributed by atoms with E-state index >= 15 is 0 Å². The minimum Gasteiger partial charge on any atom is -0.340 e. The van der Waals surface area contributed by atoms with E-state index in [9.17, 15) is 9.59 Å². The monoisotopic (exact) mass is 445 g/mol. The molecule has 1 aliphatic heterocycles. The van der Waals surface area contributed by atoms with E-state index in [2.05, 4.69) is 22.2 Å². The molecule has 0 saturated carbocycles. The van der Waals surface area contributed by atoms with Crippen LogP contribution in [0.15, 0.2) is 29.6 Å². The second kappa shape index (κ2) is 11.3. The topological polar surface area (TPSA) is 91.6 Å². The summed E-state index contributed by atoms with van der Waals surface area (Å²) >= 11 is 1.37. The summed E-state index contributed by atoms with van der Waals surface area (Å²) in [5, 5.41) is 5.24. The molecule has 0 unspecified atom stereocenters. The highest BCUT2D eigenvalue weighted by molar-refractivity contribution is 7.09. The number of carbonyl (C=O) groups is 2. The van der Waals surface area contributed by atoms with Crippen LogP contribution < -0.4 is 11.1 Å². The van der Waals surface area contributed by atoms with Crippen molar-refractivity contribution in [1.29, 1.82) is 0 Å². The zero-order chi connectivity index (χ0) is 18.5. The quantitative estimate of drug-likeness (QED) is 0.734. The van der Waals surface area contributed by atoms with E-state index in [1.807, 2.05) is 23.1 Å². The predicted octanol–water partition coefficient (Wildman–Crippen LogP) is 2.01. The van der Waals surface area contributed by atoms with Crippen molar-refractivity contribution in [1.82, 2.24) is 14.8 Å². The van der Waals surface area contributed by atoms with Crippen LogP contribution in [0.25, 0.3) is 0 Å². The number of nitrogens with one attached hydrogen (secondary N) is 1. The molecule has 0 atom stereocenters. The van der Waals surface area contributed by atoms with E-state index in [4.69, 9.17) is 5.73 Å². The van der Waals surface area contributed by atoms with Crippen molar-refractivity contribution in [2.45, 2.75) is 13.0 Å². The molecule has 2 heterocycles. The van der Waals surface area contributed by atoms with Gasteiger partial charge in [0.25, 0.3) is 5.91 Å². The number of hydrogen-bond acceptors (Lipinski definition) is 6. The van der Waals surface area contributed by atoms with Crippen molar-refractivity contribution < 1.29 is 9.59 Å². The Morgan fingerprint density at radius 2 is 1.93 bits per heavy atom. The predicted molar refractivity (Wildman–Crippen MR) is 117 cm³/mol. The van der Waals surface area contributed by atoms with Gasteiger partial charge in [0, 0.05) is 43.8 Å². The van der Waals surface area contributed by atoms with Crippen molar-refractivity contribution in [2.24, 2.45) is 5.73 Å². The van der Waals surface area contributed by atoms with E-state index in [0.717, 1.165) is 36.8 Å². The Labute approximate surface area is 181 Å². The molecule has 0 spiro atoms. The minimum atomic E-state index is -0.275. The first-order valence-electron chi connectivity index (χ1n) is 8.56. The number of aromatic nitrogens is 1. The van der Waals surface area contributed by atoms with Gasteiger partial charge >= 0.3 is 0 Å². The fourth-order valence-corrected chi connectivity index (χ4v) is 3.46. The first-order chi connectivity index (χ1) is 12.5. The van der Waals surface area contributed by atoms with Gasteiger partial charge < -0.3 is 20.9 Å². The van der Waals surface area contributed by atoms with Crippen molar-refractivity contribution in [3.8, 4) is 0 Å². The Bertz CT molecular complexity index is 794. The van der Waals surface area contributed by atoms with Gasteiger partial charge in [-0.1, -0.05) is 12.1 Å². The van der Waals surface area contributed by atoms with Crippen molar-refractivity contribution in [2.75, 3.05) is 38.5 Å². The number of carbonyl (C=O) groups excluding carboxylic acids is 2. The van der Waals surface area contributed by atoms with Crippen LogP contribution in [0.4, 0.5) is 5.69 Å². The lowest BCUT2D eigenvalue weighted by molar-refractivity contribution is -0.132. The van der Waals surface area contributed by atoms with E-state index < -0.39 is 0 Å². The van der Waals surface area contributed by atoms with E-state index in [-0.39, 0.29) is 36.6 Å². The lowest BCUT2D eigenvalue weighted by Gasteiger charge is -2.32. The number of rotatable bonds is 5. The van der Waals surface area contributed by atoms with Gasteiger partial charge in [-0.25, -0.2) is 4.98 Å². The van der Waals surface area contributed by atoms with Gasteiger partial charge in [0.15, 0.2) is 0 Å². The SMILES string of the molecule is CN1CCN(C(=O)Cc2cccc(NC(=O)c3csc(CN)n3)c2)CC1.Cl.Cl. The summed E-state index contributed by atoms with van der Waals surface area (Å²) in [4.78, 5) is 33.0. The Balaban J connectivity index is 0.00000196. The summed E-state index contributed by atoms with van der Waals surface area (Å²) in [6.45, 7) is 3.65. The van der Waals surface area contributed by atoms with Crippen LogP contribution in [0.2, 0.25) is 0 Å². The number of amides is 2. The van der Waals surface area contributed by atoms with Crippen LogP contribution in [0.3, 0.4) is 0 Å². The molecular weight excluding hydrogens is 421 g/mol. The summed E-state index contributed by atoms with van der Waals surface area (Å²) in [6, 6.07) is 7.38. The fourth-order valence-electron chi connectivity index (χ4n) is 2.81. The number of nitrogens with two attached hydrogens (primary N) is 1. The van der Waals surface area contributed by atoms with E-state index in [1.165, 1.54) is 11.3 Å². The Kier molecular flexibility index (Phi) is 9.84. The highest BCUT2D eigenvalue weighted by atomic mass is 35.5. The van der Waals surface area contributed by atoms with Crippen LogP contribution in [0.5, 0.6) is 0 Å². The van der Waals surface area contributed by atoms with Crippen molar-refractivity contribution in [3.05, 3.63) is 45.9 Å². The smallest absolute Gasteiger partial charge is 0.275 e. The number of thiazole rings is 1. The molecule has 1 aromatic carbocycles. The Morgan fingerprint density at radius 3 is 2.57 bits per heavy atom. The Morgan fingerprint density at radius 1 is 1.21 bits per heavy atom. The third-order valence-electron chi connectivity index (χ3n) is 4.36. The molecule has 0 bridgehead atoms. The molecule has 0 radical (unpaired) electrons. The van der Waals surface area contributed by atoms with Gasteiger partial charge in [-0.05, 0) is 24.7 Å².